The van der Waals surface area contributed by atoms with Crippen molar-refractivity contribution in [3.8, 4) is 16.9 Å². The monoisotopic (exact) mass is 466 g/mol. The van der Waals surface area contributed by atoms with E-state index in [9.17, 15) is 14.0 Å². The van der Waals surface area contributed by atoms with Crippen LogP contribution in [0.4, 0.5) is 4.39 Å². The quantitative estimate of drug-likeness (QED) is 0.412. The van der Waals surface area contributed by atoms with Crippen LogP contribution in [0.25, 0.3) is 16.9 Å². The Labute approximate surface area is 172 Å². The summed E-state index contributed by atoms with van der Waals surface area (Å²) in [5, 5.41) is 4.26. The average Bonchev–Trinajstić information content (AvgIpc) is 3.10. The Kier molecular flexibility index (Phi) is 5.81. The predicted octanol–water partition coefficient (Wildman–Crippen LogP) is 4.67. The largest absolute Gasteiger partial charge is 0.465 e. The van der Waals surface area contributed by atoms with Crippen LogP contribution >= 0.6 is 27.5 Å². The van der Waals surface area contributed by atoms with Crippen LogP contribution in [0.15, 0.2) is 46.9 Å². The number of nitrogens with zero attached hydrogens (tertiary/aromatic N) is 2. The maximum absolute atomic E-state index is 13.8. The highest BCUT2D eigenvalue weighted by molar-refractivity contribution is 9.10. The van der Waals surface area contributed by atoms with Gasteiger partial charge in [0.15, 0.2) is 5.69 Å². The molecule has 144 valence electrons. The van der Waals surface area contributed by atoms with Crippen molar-refractivity contribution in [1.29, 1.82) is 0 Å². The first-order valence-corrected chi connectivity index (χ1v) is 9.06. The lowest BCUT2D eigenvalue weighted by Crippen LogP contribution is -2.15. The summed E-state index contributed by atoms with van der Waals surface area (Å²) in [5.74, 6) is -2.23. The van der Waals surface area contributed by atoms with Crippen LogP contribution in [-0.4, -0.2) is 35.9 Å². The molecular formula is C19H13BrClFN2O4. The molecule has 0 fully saturated rings. The van der Waals surface area contributed by atoms with Crippen molar-refractivity contribution < 1.29 is 23.5 Å². The van der Waals surface area contributed by atoms with Crippen LogP contribution in [0, 0.1) is 5.82 Å². The fraction of sp³-hybridized carbons (Fsp3) is 0.105. The zero-order valence-corrected chi connectivity index (χ0v) is 17.0. The molecule has 1 aromatic heterocycles. The number of carbonyl (C=O) groups is 2. The fourth-order valence-electron chi connectivity index (χ4n) is 2.65. The molecule has 3 rings (SSSR count). The van der Waals surface area contributed by atoms with Crippen LogP contribution < -0.4 is 0 Å². The van der Waals surface area contributed by atoms with E-state index >= 15 is 0 Å². The maximum atomic E-state index is 13.8. The summed E-state index contributed by atoms with van der Waals surface area (Å²) in [6.07, 6.45) is 0. The Balaban J connectivity index is 2.40. The number of esters is 2. The molecule has 0 saturated carbocycles. The van der Waals surface area contributed by atoms with E-state index in [2.05, 4.69) is 21.0 Å². The van der Waals surface area contributed by atoms with E-state index in [1.165, 1.54) is 25.0 Å². The summed E-state index contributed by atoms with van der Waals surface area (Å²) in [6, 6.07) is 11.2. The third-order valence-corrected chi connectivity index (χ3v) is 4.87. The molecule has 9 heteroatoms. The lowest BCUT2D eigenvalue weighted by atomic mass is 10.1. The van der Waals surface area contributed by atoms with E-state index in [-0.39, 0.29) is 22.0 Å². The molecule has 0 N–H and O–H groups in total. The van der Waals surface area contributed by atoms with Crippen molar-refractivity contribution >= 4 is 39.5 Å². The normalized spacial score (nSPS) is 10.6. The average molecular weight is 468 g/mol. The molecule has 0 aliphatic carbocycles. The summed E-state index contributed by atoms with van der Waals surface area (Å²) in [4.78, 5) is 25.1. The fourth-order valence-corrected chi connectivity index (χ4v) is 3.31. The number of hydrogen-bond donors (Lipinski definition) is 0. The van der Waals surface area contributed by atoms with Gasteiger partial charge in [-0.15, -0.1) is 0 Å². The number of benzene rings is 2. The second-order valence-electron chi connectivity index (χ2n) is 5.55. The summed E-state index contributed by atoms with van der Waals surface area (Å²) in [6.45, 7) is 0. The highest BCUT2D eigenvalue weighted by Gasteiger charge is 2.32. The molecule has 1 heterocycles. The molecule has 3 aromatic rings. The minimum atomic E-state index is -0.801. The first-order valence-electron chi connectivity index (χ1n) is 7.89. The molecule has 0 radical (unpaired) electrons. The van der Waals surface area contributed by atoms with Crippen LogP contribution in [0.2, 0.25) is 5.02 Å². The van der Waals surface area contributed by atoms with Gasteiger partial charge in [0.1, 0.15) is 17.1 Å². The topological polar surface area (TPSA) is 70.4 Å². The van der Waals surface area contributed by atoms with Crippen LogP contribution in [-0.2, 0) is 9.47 Å². The van der Waals surface area contributed by atoms with Crippen molar-refractivity contribution in [2.45, 2.75) is 0 Å². The molecule has 0 spiro atoms. The smallest absolute Gasteiger partial charge is 0.357 e. The van der Waals surface area contributed by atoms with Crippen LogP contribution in [0.5, 0.6) is 0 Å². The Bertz CT molecular complexity index is 1070. The minimum Gasteiger partial charge on any atom is -0.465 e. The van der Waals surface area contributed by atoms with Gasteiger partial charge < -0.3 is 9.47 Å². The highest BCUT2D eigenvalue weighted by Crippen LogP contribution is 2.36. The van der Waals surface area contributed by atoms with Crippen molar-refractivity contribution in [1.82, 2.24) is 9.78 Å². The van der Waals surface area contributed by atoms with Crippen molar-refractivity contribution in [3.05, 3.63) is 69.0 Å². The molecule has 2 aromatic carbocycles. The maximum Gasteiger partial charge on any atom is 0.357 e. The first kappa shape index (κ1) is 20.0. The molecule has 0 atom stereocenters. The van der Waals surface area contributed by atoms with Gasteiger partial charge in [-0.3, -0.25) is 0 Å². The van der Waals surface area contributed by atoms with E-state index in [1.54, 1.807) is 30.3 Å². The summed E-state index contributed by atoms with van der Waals surface area (Å²) in [7, 11) is 2.37. The zero-order valence-electron chi connectivity index (χ0n) is 14.7. The van der Waals surface area contributed by atoms with Gasteiger partial charge in [-0.25, -0.2) is 18.7 Å². The lowest BCUT2D eigenvalue weighted by Gasteiger charge is -2.07. The Morgan fingerprint density at radius 3 is 2.36 bits per heavy atom. The minimum absolute atomic E-state index is 0.0879. The third kappa shape index (κ3) is 3.53. The van der Waals surface area contributed by atoms with E-state index in [4.69, 9.17) is 21.1 Å². The zero-order chi connectivity index (χ0) is 20.4. The number of hydrogen-bond acceptors (Lipinski definition) is 5. The standard InChI is InChI=1S/C19H13BrClFN2O4/c1-27-18(25)15-16(11-8-13(21)14(22)9-12(11)20)23-24(17(15)19(26)28-2)10-6-4-3-5-7-10/h3-9H,1-2H3. The summed E-state index contributed by atoms with van der Waals surface area (Å²) in [5.41, 5.74) is 0.671. The molecule has 0 saturated heterocycles. The van der Waals surface area contributed by atoms with Crippen molar-refractivity contribution in [3.63, 3.8) is 0 Å². The van der Waals surface area contributed by atoms with Gasteiger partial charge in [-0.2, -0.15) is 5.10 Å². The van der Waals surface area contributed by atoms with E-state index in [1.807, 2.05) is 0 Å². The molecule has 28 heavy (non-hydrogen) atoms. The Morgan fingerprint density at radius 2 is 1.75 bits per heavy atom. The van der Waals surface area contributed by atoms with Gasteiger partial charge in [0.25, 0.3) is 0 Å². The molecule has 0 aliphatic rings. The van der Waals surface area contributed by atoms with Crippen molar-refractivity contribution in [2.75, 3.05) is 14.2 Å². The van der Waals surface area contributed by atoms with E-state index in [0.29, 0.717) is 15.7 Å². The summed E-state index contributed by atoms with van der Waals surface area (Å²) < 4.78 is 25.1. The van der Waals surface area contributed by atoms with Crippen LogP contribution in [0.3, 0.4) is 0 Å². The highest BCUT2D eigenvalue weighted by atomic mass is 79.9. The van der Waals surface area contributed by atoms with Gasteiger partial charge in [0, 0.05) is 10.0 Å². The van der Waals surface area contributed by atoms with Crippen molar-refractivity contribution in [2.24, 2.45) is 0 Å². The number of aromatic nitrogens is 2. The van der Waals surface area contributed by atoms with Crippen LogP contribution in [0.1, 0.15) is 20.8 Å². The number of para-hydroxylation sites is 1. The number of carbonyl (C=O) groups excluding carboxylic acids is 2. The Morgan fingerprint density at radius 1 is 1.11 bits per heavy atom. The Hall–Kier alpha value is -2.71. The van der Waals surface area contributed by atoms with Gasteiger partial charge in [-0.05, 0) is 40.2 Å². The number of halogens is 3. The number of methoxy groups -OCH3 is 2. The second-order valence-corrected chi connectivity index (χ2v) is 6.81. The van der Waals surface area contributed by atoms with Gasteiger partial charge in [0.2, 0.25) is 0 Å². The van der Waals surface area contributed by atoms with Gasteiger partial charge >= 0.3 is 11.9 Å². The molecular weight excluding hydrogens is 455 g/mol. The van der Waals surface area contributed by atoms with E-state index in [0.717, 1.165) is 6.07 Å². The molecule has 0 amide bonds. The predicted molar refractivity (Wildman–Crippen MR) is 104 cm³/mol. The third-order valence-electron chi connectivity index (χ3n) is 3.92. The molecule has 0 aliphatic heterocycles. The van der Waals surface area contributed by atoms with Gasteiger partial charge in [-0.1, -0.05) is 29.8 Å². The molecule has 6 nitrogen and oxygen atoms in total. The number of rotatable bonds is 4. The SMILES string of the molecule is COC(=O)c1c(-c2cc(Cl)c(F)cc2Br)nn(-c2ccccc2)c1C(=O)OC. The second kappa shape index (κ2) is 8.12. The lowest BCUT2D eigenvalue weighted by molar-refractivity contribution is 0.0549. The molecule has 0 bridgehead atoms. The summed E-state index contributed by atoms with van der Waals surface area (Å²) >= 11 is 9.17. The van der Waals surface area contributed by atoms with E-state index < -0.39 is 17.8 Å². The molecule has 0 unspecified atom stereocenters. The first-order chi connectivity index (χ1) is 13.4. The van der Waals surface area contributed by atoms with Gasteiger partial charge in [0.05, 0.1) is 24.9 Å². The number of ether oxygens (including phenoxy) is 2.